The van der Waals surface area contributed by atoms with E-state index in [4.69, 9.17) is 9.47 Å². The van der Waals surface area contributed by atoms with Crippen LogP contribution in [0.25, 0.3) is 11.0 Å². The lowest BCUT2D eigenvalue weighted by atomic mass is 10.3. The average Bonchev–Trinajstić information content (AvgIpc) is 3.10. The summed E-state index contributed by atoms with van der Waals surface area (Å²) in [6.07, 6.45) is 0. The topological polar surface area (TPSA) is 102 Å². The van der Waals surface area contributed by atoms with Gasteiger partial charge in [0.1, 0.15) is 0 Å². The van der Waals surface area contributed by atoms with Crippen LogP contribution in [0.15, 0.2) is 36.4 Å². The molecule has 0 saturated heterocycles. The van der Waals surface area contributed by atoms with Crippen molar-refractivity contribution in [1.82, 2.24) is 9.97 Å². The second-order valence-electron chi connectivity index (χ2n) is 4.74. The fraction of sp³-hybridized carbons (Fsp3) is 0.0714. The average molecular weight is 298 g/mol. The number of hydrogen-bond acceptors (Lipinski definition) is 6. The van der Waals surface area contributed by atoms with Gasteiger partial charge in [-0.25, -0.2) is 4.98 Å². The van der Waals surface area contributed by atoms with Crippen LogP contribution in [0.3, 0.4) is 0 Å². The number of nitrogens with one attached hydrogen (secondary N) is 2. The Morgan fingerprint density at radius 1 is 1.18 bits per heavy atom. The molecular formula is C14H10N4O4. The highest BCUT2D eigenvalue weighted by molar-refractivity contribution is 5.82. The number of rotatable bonds is 3. The number of nitrogens with zero attached hydrogens (tertiary/aromatic N) is 2. The molecule has 1 aromatic heterocycles. The van der Waals surface area contributed by atoms with Crippen LogP contribution in [-0.4, -0.2) is 21.7 Å². The van der Waals surface area contributed by atoms with E-state index in [1.807, 2.05) is 6.07 Å². The number of nitro benzene ring substituents is 1. The molecule has 1 aliphatic heterocycles. The molecule has 0 bridgehead atoms. The number of hydrogen-bond donors (Lipinski definition) is 2. The van der Waals surface area contributed by atoms with Gasteiger partial charge in [0.05, 0.1) is 16.0 Å². The molecule has 4 rings (SSSR count). The van der Waals surface area contributed by atoms with Crippen LogP contribution in [0.4, 0.5) is 17.3 Å². The minimum Gasteiger partial charge on any atom is -0.454 e. The van der Waals surface area contributed by atoms with Crippen molar-refractivity contribution in [2.75, 3.05) is 12.1 Å². The van der Waals surface area contributed by atoms with Crippen molar-refractivity contribution in [1.29, 1.82) is 0 Å². The summed E-state index contributed by atoms with van der Waals surface area (Å²) in [6.45, 7) is 0.218. The van der Waals surface area contributed by atoms with Gasteiger partial charge >= 0.3 is 0 Å². The van der Waals surface area contributed by atoms with Crippen LogP contribution < -0.4 is 14.8 Å². The Morgan fingerprint density at radius 2 is 1.91 bits per heavy atom. The summed E-state index contributed by atoms with van der Waals surface area (Å²) < 4.78 is 10.6. The number of benzene rings is 2. The number of anilines is 2. The Bertz CT molecular complexity index is 831. The maximum Gasteiger partial charge on any atom is 0.269 e. The standard InChI is InChI=1S/C14H10N4O4/c19-18(20)9-3-1-8(2-4-9)15-14-16-10-5-12-13(22-7-21-12)6-11(10)17-14/h1-6H,7H2,(H2,15,16,17). The number of aromatic amines is 1. The van der Waals surface area contributed by atoms with Crippen LogP contribution in [-0.2, 0) is 0 Å². The van der Waals surface area contributed by atoms with Gasteiger partial charge in [0, 0.05) is 30.0 Å². The maximum absolute atomic E-state index is 10.6. The van der Waals surface area contributed by atoms with Crippen LogP contribution in [0.2, 0.25) is 0 Å². The van der Waals surface area contributed by atoms with E-state index in [9.17, 15) is 10.1 Å². The number of H-pyrrole nitrogens is 1. The summed E-state index contributed by atoms with van der Waals surface area (Å²) in [5.41, 5.74) is 2.30. The molecule has 2 aromatic carbocycles. The van der Waals surface area contributed by atoms with Gasteiger partial charge in [-0.05, 0) is 12.1 Å². The summed E-state index contributed by atoms with van der Waals surface area (Å²) in [5, 5.41) is 13.7. The molecule has 8 heteroatoms. The third-order valence-corrected chi connectivity index (χ3v) is 3.32. The minimum absolute atomic E-state index is 0.0425. The molecule has 0 fully saturated rings. The fourth-order valence-corrected chi connectivity index (χ4v) is 2.26. The van der Waals surface area contributed by atoms with Gasteiger partial charge in [0.2, 0.25) is 12.7 Å². The lowest BCUT2D eigenvalue weighted by molar-refractivity contribution is -0.384. The van der Waals surface area contributed by atoms with Crippen LogP contribution in [0, 0.1) is 10.1 Å². The van der Waals surface area contributed by atoms with E-state index in [0.717, 1.165) is 11.0 Å². The number of aromatic nitrogens is 2. The second kappa shape index (κ2) is 4.62. The molecule has 2 N–H and O–H groups in total. The minimum atomic E-state index is -0.438. The van der Waals surface area contributed by atoms with E-state index < -0.39 is 4.92 Å². The molecule has 0 radical (unpaired) electrons. The fourth-order valence-electron chi connectivity index (χ4n) is 2.26. The molecule has 0 atom stereocenters. The van der Waals surface area contributed by atoms with Gasteiger partial charge in [-0.15, -0.1) is 0 Å². The Kier molecular flexibility index (Phi) is 2.62. The van der Waals surface area contributed by atoms with Crippen molar-refractivity contribution in [2.45, 2.75) is 0 Å². The van der Waals surface area contributed by atoms with Crippen molar-refractivity contribution >= 4 is 28.4 Å². The molecule has 110 valence electrons. The van der Waals surface area contributed by atoms with Crippen molar-refractivity contribution in [2.24, 2.45) is 0 Å². The van der Waals surface area contributed by atoms with E-state index >= 15 is 0 Å². The van der Waals surface area contributed by atoms with Gasteiger partial charge in [0.15, 0.2) is 11.5 Å². The first-order chi connectivity index (χ1) is 10.7. The number of nitro groups is 1. The van der Waals surface area contributed by atoms with E-state index in [2.05, 4.69) is 15.3 Å². The van der Waals surface area contributed by atoms with Crippen molar-refractivity contribution in [3.05, 3.63) is 46.5 Å². The molecule has 0 aliphatic carbocycles. The Hall–Kier alpha value is -3.29. The number of non-ortho nitro benzene ring substituents is 1. The SMILES string of the molecule is O=[N+]([O-])c1ccc(Nc2nc3cc4c(cc3[nH]2)OCO4)cc1. The predicted molar refractivity (Wildman–Crippen MR) is 78.6 cm³/mol. The lowest BCUT2D eigenvalue weighted by Gasteiger charge is -2.01. The third-order valence-electron chi connectivity index (χ3n) is 3.32. The van der Waals surface area contributed by atoms with E-state index in [-0.39, 0.29) is 12.5 Å². The first-order valence-corrected chi connectivity index (χ1v) is 6.50. The smallest absolute Gasteiger partial charge is 0.269 e. The molecule has 0 saturated carbocycles. The summed E-state index contributed by atoms with van der Waals surface area (Å²) in [4.78, 5) is 17.7. The first kappa shape index (κ1) is 12.5. The zero-order chi connectivity index (χ0) is 15.1. The zero-order valence-corrected chi connectivity index (χ0v) is 11.2. The summed E-state index contributed by atoms with van der Waals surface area (Å²) in [6, 6.07) is 9.73. The number of imidazole rings is 1. The Balaban J connectivity index is 1.62. The van der Waals surface area contributed by atoms with Crippen LogP contribution >= 0.6 is 0 Å². The monoisotopic (exact) mass is 298 g/mol. The van der Waals surface area contributed by atoms with Gasteiger partial charge in [0.25, 0.3) is 5.69 Å². The summed E-state index contributed by atoms with van der Waals surface area (Å²) in [7, 11) is 0. The normalized spacial score (nSPS) is 12.5. The van der Waals surface area contributed by atoms with Gasteiger partial charge in [-0.1, -0.05) is 0 Å². The molecule has 1 aliphatic rings. The molecule has 3 aromatic rings. The van der Waals surface area contributed by atoms with Gasteiger partial charge < -0.3 is 19.8 Å². The molecule has 0 spiro atoms. The van der Waals surface area contributed by atoms with Crippen LogP contribution in [0.1, 0.15) is 0 Å². The summed E-state index contributed by atoms with van der Waals surface area (Å²) in [5.74, 6) is 1.88. The third kappa shape index (κ3) is 2.06. The Morgan fingerprint density at radius 3 is 2.64 bits per heavy atom. The highest BCUT2D eigenvalue weighted by Crippen LogP contribution is 2.35. The predicted octanol–water partition coefficient (Wildman–Crippen LogP) is 2.94. The van der Waals surface area contributed by atoms with E-state index in [0.29, 0.717) is 23.1 Å². The van der Waals surface area contributed by atoms with Gasteiger partial charge in [-0.2, -0.15) is 0 Å². The molecule has 0 amide bonds. The largest absolute Gasteiger partial charge is 0.454 e. The zero-order valence-electron chi connectivity index (χ0n) is 11.2. The van der Waals surface area contributed by atoms with Crippen molar-refractivity contribution < 1.29 is 14.4 Å². The van der Waals surface area contributed by atoms with Crippen LogP contribution in [0.5, 0.6) is 11.5 Å². The molecule has 2 heterocycles. The quantitative estimate of drug-likeness (QED) is 0.569. The van der Waals surface area contributed by atoms with Crippen molar-refractivity contribution in [3.63, 3.8) is 0 Å². The van der Waals surface area contributed by atoms with Gasteiger partial charge in [-0.3, -0.25) is 10.1 Å². The highest BCUT2D eigenvalue weighted by Gasteiger charge is 2.16. The molecular weight excluding hydrogens is 288 g/mol. The maximum atomic E-state index is 10.6. The number of fused-ring (bicyclic) bond motifs is 2. The number of ether oxygens (including phenoxy) is 2. The van der Waals surface area contributed by atoms with E-state index in [1.165, 1.54) is 12.1 Å². The first-order valence-electron chi connectivity index (χ1n) is 6.50. The van der Waals surface area contributed by atoms with E-state index in [1.54, 1.807) is 18.2 Å². The summed E-state index contributed by atoms with van der Waals surface area (Å²) >= 11 is 0. The molecule has 8 nitrogen and oxygen atoms in total. The molecule has 22 heavy (non-hydrogen) atoms. The highest BCUT2D eigenvalue weighted by atomic mass is 16.7. The van der Waals surface area contributed by atoms with Crippen molar-refractivity contribution in [3.8, 4) is 11.5 Å². The Labute approximate surface area is 123 Å². The second-order valence-corrected chi connectivity index (χ2v) is 4.74. The lowest BCUT2D eigenvalue weighted by Crippen LogP contribution is -1.93. The molecule has 0 unspecified atom stereocenters.